The van der Waals surface area contributed by atoms with Gasteiger partial charge in [0.05, 0.1) is 0 Å². The summed E-state index contributed by atoms with van der Waals surface area (Å²) in [5.74, 6) is -0.968. The molecule has 0 saturated heterocycles. The standard InChI is InChI=1S/C17H17F2N/c18-15-6-3-7-16(19)13(15)10-17(11-20)9-8-12-4-1-2-5-14(12)17/h1-7H,8-11,20H2. The van der Waals surface area contributed by atoms with Gasteiger partial charge in [0, 0.05) is 17.5 Å². The first kappa shape index (κ1) is 13.3. The van der Waals surface area contributed by atoms with Crippen molar-refractivity contribution in [1.82, 2.24) is 0 Å². The molecule has 0 aromatic heterocycles. The number of benzene rings is 2. The number of fused-ring (bicyclic) bond motifs is 1. The molecule has 0 amide bonds. The van der Waals surface area contributed by atoms with Gasteiger partial charge in [-0.05, 0) is 42.5 Å². The molecule has 2 aromatic rings. The summed E-state index contributed by atoms with van der Waals surface area (Å²) < 4.78 is 27.8. The highest BCUT2D eigenvalue weighted by atomic mass is 19.1. The summed E-state index contributed by atoms with van der Waals surface area (Å²) in [6.45, 7) is 0.401. The minimum Gasteiger partial charge on any atom is -0.330 e. The number of aryl methyl sites for hydroxylation is 1. The second-order valence-corrected chi connectivity index (χ2v) is 5.52. The van der Waals surface area contributed by atoms with E-state index in [0.717, 1.165) is 18.4 Å². The van der Waals surface area contributed by atoms with E-state index in [1.807, 2.05) is 18.2 Å². The molecule has 2 aromatic carbocycles. The van der Waals surface area contributed by atoms with E-state index in [1.165, 1.54) is 23.8 Å². The third kappa shape index (κ3) is 2.02. The summed E-state index contributed by atoms with van der Waals surface area (Å²) in [5, 5.41) is 0. The first-order chi connectivity index (χ1) is 9.66. The van der Waals surface area contributed by atoms with Gasteiger partial charge >= 0.3 is 0 Å². The first-order valence-electron chi connectivity index (χ1n) is 6.88. The Morgan fingerprint density at radius 1 is 1.00 bits per heavy atom. The summed E-state index contributed by atoms with van der Waals surface area (Å²) in [4.78, 5) is 0. The Morgan fingerprint density at radius 2 is 1.70 bits per heavy atom. The zero-order valence-corrected chi connectivity index (χ0v) is 11.2. The predicted molar refractivity (Wildman–Crippen MR) is 75.6 cm³/mol. The van der Waals surface area contributed by atoms with Crippen LogP contribution >= 0.6 is 0 Å². The maximum atomic E-state index is 13.9. The summed E-state index contributed by atoms with van der Waals surface area (Å²) in [6.07, 6.45) is 2.08. The van der Waals surface area contributed by atoms with Gasteiger partial charge in [0.25, 0.3) is 0 Å². The minimum atomic E-state index is -0.484. The molecule has 1 nitrogen and oxygen atoms in total. The maximum Gasteiger partial charge on any atom is 0.129 e. The molecule has 104 valence electrons. The summed E-state index contributed by atoms with van der Waals surface area (Å²) in [5.41, 5.74) is 8.18. The molecule has 0 spiro atoms. The molecule has 0 aliphatic heterocycles. The molecule has 0 bridgehead atoms. The van der Waals surface area contributed by atoms with Gasteiger partial charge in [-0.25, -0.2) is 8.78 Å². The van der Waals surface area contributed by atoms with Crippen LogP contribution in [0.4, 0.5) is 8.78 Å². The van der Waals surface area contributed by atoms with Gasteiger partial charge in [-0.15, -0.1) is 0 Å². The molecule has 0 fully saturated rings. The highest BCUT2D eigenvalue weighted by molar-refractivity contribution is 5.41. The fraction of sp³-hybridized carbons (Fsp3) is 0.294. The molecule has 2 N–H and O–H groups in total. The molecule has 1 unspecified atom stereocenters. The van der Waals surface area contributed by atoms with Crippen LogP contribution in [-0.4, -0.2) is 6.54 Å². The van der Waals surface area contributed by atoms with Crippen molar-refractivity contribution in [2.24, 2.45) is 5.73 Å². The molecular weight excluding hydrogens is 256 g/mol. The van der Waals surface area contributed by atoms with E-state index in [1.54, 1.807) is 0 Å². The fourth-order valence-corrected chi connectivity index (χ4v) is 3.27. The molecule has 3 rings (SSSR count). The molecule has 1 atom stereocenters. The lowest BCUT2D eigenvalue weighted by Gasteiger charge is -2.29. The molecular formula is C17H17F2N. The van der Waals surface area contributed by atoms with Crippen molar-refractivity contribution < 1.29 is 8.78 Å². The quantitative estimate of drug-likeness (QED) is 0.912. The van der Waals surface area contributed by atoms with E-state index in [4.69, 9.17) is 5.73 Å². The zero-order chi connectivity index (χ0) is 14.2. The number of hydrogen-bond donors (Lipinski definition) is 1. The number of nitrogens with two attached hydrogens (primary N) is 1. The molecule has 0 radical (unpaired) electrons. The Bertz CT molecular complexity index is 618. The normalized spacial score (nSPS) is 20.9. The first-order valence-corrected chi connectivity index (χ1v) is 6.88. The van der Waals surface area contributed by atoms with E-state index in [9.17, 15) is 8.78 Å². The van der Waals surface area contributed by atoms with Crippen molar-refractivity contribution in [2.75, 3.05) is 6.54 Å². The van der Waals surface area contributed by atoms with Crippen LogP contribution in [0.5, 0.6) is 0 Å². The molecule has 3 heteroatoms. The predicted octanol–water partition coefficient (Wildman–Crippen LogP) is 3.35. The molecule has 0 saturated carbocycles. The monoisotopic (exact) mass is 273 g/mol. The van der Waals surface area contributed by atoms with Gasteiger partial charge in [0.2, 0.25) is 0 Å². The number of rotatable bonds is 3. The van der Waals surface area contributed by atoms with E-state index in [-0.39, 0.29) is 11.0 Å². The topological polar surface area (TPSA) is 26.0 Å². The van der Waals surface area contributed by atoms with Crippen LogP contribution in [0.2, 0.25) is 0 Å². The Balaban J connectivity index is 2.04. The van der Waals surface area contributed by atoms with Gasteiger partial charge in [0.15, 0.2) is 0 Å². The van der Waals surface area contributed by atoms with Gasteiger partial charge in [-0.1, -0.05) is 30.3 Å². The van der Waals surface area contributed by atoms with Gasteiger partial charge in [-0.2, -0.15) is 0 Å². The number of hydrogen-bond acceptors (Lipinski definition) is 1. The second-order valence-electron chi connectivity index (χ2n) is 5.52. The third-order valence-corrected chi connectivity index (χ3v) is 4.43. The van der Waals surface area contributed by atoms with Crippen molar-refractivity contribution in [3.8, 4) is 0 Å². The van der Waals surface area contributed by atoms with E-state index >= 15 is 0 Å². The second kappa shape index (κ2) is 4.98. The third-order valence-electron chi connectivity index (χ3n) is 4.43. The van der Waals surface area contributed by atoms with Crippen molar-refractivity contribution in [2.45, 2.75) is 24.7 Å². The average Bonchev–Trinajstić information content (AvgIpc) is 2.83. The maximum absolute atomic E-state index is 13.9. The fourth-order valence-electron chi connectivity index (χ4n) is 3.27. The Hall–Kier alpha value is -1.74. The molecule has 1 aliphatic carbocycles. The molecule has 1 aliphatic rings. The van der Waals surface area contributed by atoms with Gasteiger partial charge in [0.1, 0.15) is 11.6 Å². The largest absolute Gasteiger partial charge is 0.330 e. The van der Waals surface area contributed by atoms with E-state index in [0.29, 0.717) is 13.0 Å². The zero-order valence-electron chi connectivity index (χ0n) is 11.2. The van der Waals surface area contributed by atoms with Crippen molar-refractivity contribution in [3.63, 3.8) is 0 Å². The lowest BCUT2D eigenvalue weighted by molar-refractivity contribution is 0.411. The Kier molecular flexibility index (Phi) is 3.30. The Labute approximate surface area is 117 Å². The van der Waals surface area contributed by atoms with Crippen LogP contribution in [0.25, 0.3) is 0 Å². The van der Waals surface area contributed by atoms with Crippen LogP contribution in [0.1, 0.15) is 23.1 Å². The molecule has 0 heterocycles. The van der Waals surface area contributed by atoms with Gasteiger partial charge < -0.3 is 5.73 Å². The minimum absolute atomic E-state index is 0.148. The highest BCUT2D eigenvalue weighted by Gasteiger charge is 2.38. The summed E-state index contributed by atoms with van der Waals surface area (Å²) in [7, 11) is 0. The van der Waals surface area contributed by atoms with Crippen molar-refractivity contribution >= 4 is 0 Å². The van der Waals surface area contributed by atoms with Crippen molar-refractivity contribution in [3.05, 3.63) is 70.8 Å². The lowest BCUT2D eigenvalue weighted by Crippen LogP contribution is -2.35. The smallest absolute Gasteiger partial charge is 0.129 e. The number of halogens is 2. The van der Waals surface area contributed by atoms with Crippen LogP contribution < -0.4 is 5.73 Å². The summed E-state index contributed by atoms with van der Waals surface area (Å²) in [6, 6.07) is 12.1. The summed E-state index contributed by atoms with van der Waals surface area (Å²) >= 11 is 0. The van der Waals surface area contributed by atoms with Crippen LogP contribution in [0.3, 0.4) is 0 Å². The van der Waals surface area contributed by atoms with E-state index < -0.39 is 11.6 Å². The van der Waals surface area contributed by atoms with Crippen LogP contribution in [0, 0.1) is 11.6 Å². The van der Waals surface area contributed by atoms with Crippen LogP contribution in [-0.2, 0) is 18.3 Å². The van der Waals surface area contributed by atoms with Gasteiger partial charge in [-0.3, -0.25) is 0 Å². The lowest BCUT2D eigenvalue weighted by atomic mass is 9.76. The highest BCUT2D eigenvalue weighted by Crippen LogP contribution is 2.41. The Morgan fingerprint density at radius 3 is 2.40 bits per heavy atom. The van der Waals surface area contributed by atoms with Crippen molar-refractivity contribution in [1.29, 1.82) is 0 Å². The average molecular weight is 273 g/mol. The SMILES string of the molecule is NCC1(Cc2c(F)cccc2F)CCc2ccccc21. The molecule has 20 heavy (non-hydrogen) atoms. The van der Waals surface area contributed by atoms with E-state index in [2.05, 4.69) is 6.07 Å². The van der Waals surface area contributed by atoms with Crippen LogP contribution in [0.15, 0.2) is 42.5 Å².